The molecule has 4 nitrogen and oxygen atoms in total. The van der Waals surface area contributed by atoms with E-state index in [9.17, 15) is 0 Å². The van der Waals surface area contributed by atoms with E-state index < -0.39 is 0 Å². The minimum Gasteiger partial charge on any atom is -0.488 e. The van der Waals surface area contributed by atoms with Gasteiger partial charge in [-0.3, -0.25) is 0 Å². The summed E-state index contributed by atoms with van der Waals surface area (Å²) in [5.74, 6) is 1.74. The largest absolute Gasteiger partial charge is 0.488 e. The Morgan fingerprint density at radius 3 is 3.06 bits per heavy atom. The molecule has 92 valence electrons. The highest BCUT2D eigenvalue weighted by molar-refractivity contribution is 5.70. The first-order valence-electron chi connectivity index (χ1n) is 6.35. The molecule has 0 bridgehead atoms. The maximum absolute atomic E-state index is 5.74. The van der Waals surface area contributed by atoms with E-state index in [-0.39, 0.29) is 0 Å². The monoisotopic (exact) mass is 242 g/mol. The maximum Gasteiger partial charge on any atom is 0.177 e. The molecule has 0 spiro atoms. The van der Waals surface area contributed by atoms with Crippen LogP contribution in [0.5, 0.6) is 5.75 Å². The van der Waals surface area contributed by atoms with E-state index in [4.69, 9.17) is 9.26 Å². The van der Waals surface area contributed by atoms with Gasteiger partial charge in [-0.25, -0.2) is 0 Å². The lowest BCUT2D eigenvalue weighted by Gasteiger charge is -2.16. The normalized spacial score (nSPS) is 16.9. The highest BCUT2D eigenvalue weighted by Crippen LogP contribution is 2.38. The molecule has 4 heteroatoms. The molecule has 1 aromatic carbocycles. The van der Waals surface area contributed by atoms with Crippen molar-refractivity contribution in [2.75, 3.05) is 0 Å². The third kappa shape index (κ3) is 1.61. The van der Waals surface area contributed by atoms with Crippen molar-refractivity contribution in [1.29, 1.82) is 0 Å². The van der Waals surface area contributed by atoms with Crippen molar-refractivity contribution in [3.8, 4) is 17.1 Å². The van der Waals surface area contributed by atoms with E-state index >= 15 is 0 Å². The minimum atomic E-state index is 0.553. The zero-order valence-corrected chi connectivity index (χ0v) is 9.98. The first-order chi connectivity index (χ1) is 8.92. The summed E-state index contributed by atoms with van der Waals surface area (Å²) < 4.78 is 11.2. The topological polar surface area (TPSA) is 47.3 Å². The number of benzene rings is 1. The van der Waals surface area contributed by atoms with Gasteiger partial charge in [-0.15, -0.1) is 0 Å². The molecular weight excluding hydrogens is 228 g/mol. The Morgan fingerprint density at radius 2 is 2.17 bits per heavy atom. The van der Waals surface area contributed by atoms with Gasteiger partial charge in [0.15, 0.2) is 5.76 Å². The summed E-state index contributed by atoms with van der Waals surface area (Å²) in [6, 6.07) is 8.60. The van der Waals surface area contributed by atoms with Gasteiger partial charge in [0.1, 0.15) is 18.1 Å². The fraction of sp³-hybridized carbons (Fsp3) is 0.357. The van der Waals surface area contributed by atoms with Crippen LogP contribution < -0.4 is 10.1 Å². The number of hydrogen-bond donors (Lipinski definition) is 1. The Hall–Kier alpha value is -1.81. The summed E-state index contributed by atoms with van der Waals surface area (Å²) in [6.45, 7) is 1.33. The fourth-order valence-corrected chi connectivity index (χ4v) is 2.30. The molecule has 0 saturated heterocycles. The van der Waals surface area contributed by atoms with Crippen LogP contribution in [0.25, 0.3) is 11.3 Å². The summed E-state index contributed by atoms with van der Waals surface area (Å²) >= 11 is 0. The highest BCUT2D eigenvalue weighted by Gasteiger charge is 2.26. The number of aromatic nitrogens is 1. The second kappa shape index (κ2) is 3.85. The zero-order valence-electron chi connectivity index (χ0n) is 9.98. The second-order valence-electron chi connectivity index (χ2n) is 4.88. The van der Waals surface area contributed by atoms with Crippen LogP contribution in [0, 0.1) is 0 Å². The van der Waals surface area contributed by atoms with Crippen LogP contribution in [0.4, 0.5) is 0 Å². The van der Waals surface area contributed by atoms with Crippen LogP contribution in [-0.4, -0.2) is 11.2 Å². The third-order valence-electron chi connectivity index (χ3n) is 3.51. The predicted octanol–water partition coefficient (Wildman–Crippen LogP) is 2.49. The van der Waals surface area contributed by atoms with Crippen LogP contribution in [0.1, 0.15) is 24.1 Å². The number of para-hydroxylation sites is 1. The van der Waals surface area contributed by atoms with Crippen LogP contribution in [0.3, 0.4) is 0 Å². The number of fused-ring (bicyclic) bond motifs is 3. The molecule has 1 N–H and O–H groups in total. The number of rotatable bonds is 3. The molecule has 2 heterocycles. The van der Waals surface area contributed by atoms with E-state index in [1.54, 1.807) is 0 Å². The van der Waals surface area contributed by atoms with E-state index in [1.807, 2.05) is 24.3 Å². The molecular formula is C14H14N2O2. The van der Waals surface area contributed by atoms with E-state index in [1.165, 1.54) is 12.8 Å². The third-order valence-corrected chi connectivity index (χ3v) is 3.51. The van der Waals surface area contributed by atoms with E-state index in [0.29, 0.717) is 12.6 Å². The van der Waals surface area contributed by atoms with Crippen LogP contribution in [-0.2, 0) is 13.2 Å². The molecule has 0 amide bonds. The number of nitrogens with one attached hydrogen (secondary N) is 1. The molecule has 0 atom stereocenters. The van der Waals surface area contributed by atoms with Crippen LogP contribution in [0.2, 0.25) is 0 Å². The van der Waals surface area contributed by atoms with Crippen molar-refractivity contribution in [2.24, 2.45) is 0 Å². The lowest BCUT2D eigenvalue weighted by atomic mass is 10.0. The zero-order chi connectivity index (χ0) is 11.9. The molecule has 1 aromatic heterocycles. The van der Waals surface area contributed by atoms with Gasteiger partial charge in [-0.05, 0) is 25.0 Å². The molecule has 1 saturated carbocycles. The van der Waals surface area contributed by atoms with Gasteiger partial charge in [0.25, 0.3) is 0 Å². The fourth-order valence-electron chi connectivity index (χ4n) is 2.30. The number of nitrogens with zero attached hydrogens (tertiary/aromatic N) is 1. The summed E-state index contributed by atoms with van der Waals surface area (Å²) in [7, 11) is 0. The van der Waals surface area contributed by atoms with Crippen molar-refractivity contribution < 1.29 is 9.26 Å². The minimum absolute atomic E-state index is 0.553. The smallest absolute Gasteiger partial charge is 0.177 e. The van der Waals surface area contributed by atoms with Gasteiger partial charge < -0.3 is 14.6 Å². The molecule has 1 aliphatic carbocycles. The molecule has 1 fully saturated rings. The van der Waals surface area contributed by atoms with Gasteiger partial charge in [-0.1, -0.05) is 17.3 Å². The number of hydrogen-bond acceptors (Lipinski definition) is 4. The van der Waals surface area contributed by atoms with E-state index in [2.05, 4.69) is 10.5 Å². The second-order valence-corrected chi connectivity index (χ2v) is 4.88. The average molecular weight is 242 g/mol. The van der Waals surface area contributed by atoms with Crippen molar-refractivity contribution in [1.82, 2.24) is 10.5 Å². The molecule has 2 aromatic rings. The summed E-state index contributed by atoms with van der Waals surface area (Å²) in [5.41, 5.74) is 3.07. The first kappa shape index (κ1) is 10.1. The van der Waals surface area contributed by atoms with Gasteiger partial charge in [0.05, 0.1) is 11.1 Å². The molecule has 2 aliphatic rings. The lowest BCUT2D eigenvalue weighted by Crippen LogP contribution is -2.17. The van der Waals surface area contributed by atoms with Gasteiger partial charge in [0, 0.05) is 12.6 Å². The van der Waals surface area contributed by atoms with Crippen LogP contribution in [0.15, 0.2) is 28.8 Å². The average Bonchev–Trinajstić information content (AvgIpc) is 3.15. The van der Waals surface area contributed by atoms with Crippen molar-refractivity contribution in [3.63, 3.8) is 0 Å². The van der Waals surface area contributed by atoms with Crippen molar-refractivity contribution in [3.05, 3.63) is 35.5 Å². The summed E-state index contributed by atoms with van der Waals surface area (Å²) in [4.78, 5) is 0. The van der Waals surface area contributed by atoms with Crippen molar-refractivity contribution in [2.45, 2.75) is 32.0 Å². The Morgan fingerprint density at radius 1 is 1.28 bits per heavy atom. The first-order valence-corrected chi connectivity index (χ1v) is 6.35. The Balaban J connectivity index is 1.68. The highest BCUT2D eigenvalue weighted by atomic mass is 16.5. The van der Waals surface area contributed by atoms with Crippen molar-refractivity contribution >= 4 is 0 Å². The molecule has 18 heavy (non-hydrogen) atoms. The molecule has 0 radical (unpaired) electrons. The lowest BCUT2D eigenvalue weighted by molar-refractivity contribution is 0.297. The quantitative estimate of drug-likeness (QED) is 0.898. The molecule has 0 unspecified atom stereocenters. The van der Waals surface area contributed by atoms with Crippen LogP contribution >= 0.6 is 0 Å². The Labute approximate surface area is 105 Å². The molecule has 1 aliphatic heterocycles. The Kier molecular flexibility index (Phi) is 2.17. The van der Waals surface area contributed by atoms with E-state index in [0.717, 1.165) is 34.9 Å². The summed E-state index contributed by atoms with van der Waals surface area (Å²) in [6.07, 6.45) is 2.55. The Bertz CT molecular complexity index is 587. The predicted molar refractivity (Wildman–Crippen MR) is 66.1 cm³/mol. The van der Waals surface area contributed by atoms with Gasteiger partial charge in [-0.2, -0.15) is 0 Å². The van der Waals surface area contributed by atoms with Gasteiger partial charge >= 0.3 is 0 Å². The van der Waals surface area contributed by atoms with Gasteiger partial charge in [0.2, 0.25) is 0 Å². The standard InChI is InChI=1S/C14H14N2O2/c1-2-4-13-10(3-1)14-11(8-17-13)12(16-18-14)7-15-9-5-6-9/h1-4,9,15H,5-8H2. The number of ether oxygens (including phenoxy) is 1. The summed E-state index contributed by atoms with van der Waals surface area (Å²) in [5, 5.41) is 7.63. The maximum atomic E-state index is 5.74. The SMILES string of the molecule is c1ccc2c(c1)OCc1c(CNC3CC3)noc1-2. The molecule has 4 rings (SSSR count).